The van der Waals surface area contributed by atoms with Gasteiger partial charge in [0.1, 0.15) is 0 Å². The highest BCUT2D eigenvalue weighted by molar-refractivity contribution is 8.00. The summed E-state index contributed by atoms with van der Waals surface area (Å²) in [4.78, 5) is 18.3. The van der Waals surface area contributed by atoms with Crippen molar-refractivity contribution >= 4 is 17.5 Å². The van der Waals surface area contributed by atoms with Crippen molar-refractivity contribution in [3.05, 3.63) is 127 Å². The highest BCUT2D eigenvalue weighted by Gasteiger charge is 2.25. The van der Waals surface area contributed by atoms with Gasteiger partial charge in [0.05, 0.1) is 16.6 Å². The van der Waals surface area contributed by atoms with E-state index in [0.717, 1.165) is 33.4 Å². The van der Waals surface area contributed by atoms with Gasteiger partial charge in [0.25, 0.3) is 0 Å². The predicted molar refractivity (Wildman–Crippen MR) is 141 cm³/mol. The zero-order valence-corrected chi connectivity index (χ0v) is 19.7. The maximum atomic E-state index is 13.2. The lowest BCUT2D eigenvalue weighted by molar-refractivity contribution is 0.0994. The molecule has 5 rings (SSSR count). The fourth-order valence-corrected chi connectivity index (χ4v) is 5.01. The highest BCUT2D eigenvalue weighted by Crippen LogP contribution is 2.39. The van der Waals surface area contributed by atoms with Gasteiger partial charge in [-0.15, -0.1) is 0 Å². The molecule has 1 aromatic heterocycles. The van der Waals surface area contributed by atoms with E-state index in [0.29, 0.717) is 5.56 Å². The van der Waals surface area contributed by atoms with Crippen molar-refractivity contribution in [2.45, 2.75) is 17.3 Å². The van der Waals surface area contributed by atoms with Crippen molar-refractivity contribution in [2.75, 3.05) is 0 Å². The van der Waals surface area contributed by atoms with Crippen LogP contribution in [0.15, 0.2) is 126 Å². The smallest absolute Gasteiger partial charge is 0.175 e. The van der Waals surface area contributed by atoms with Crippen molar-refractivity contribution in [2.24, 2.45) is 0 Å². The van der Waals surface area contributed by atoms with E-state index < -0.39 is 0 Å². The standard InChI is InChI=1S/C30H24N2OS/c1-22(29(33)25-18-10-4-11-19-25)34-30-31-27(23-14-6-2-7-15-23)28(24-16-8-3-9-17-24)32(30)26-20-12-5-13-21-26/h2-22H,1H3. The minimum atomic E-state index is -0.292. The van der Waals surface area contributed by atoms with Crippen molar-refractivity contribution in [3.8, 4) is 28.2 Å². The number of benzene rings is 4. The first-order valence-electron chi connectivity index (χ1n) is 11.3. The molecule has 0 fully saturated rings. The highest BCUT2D eigenvalue weighted by atomic mass is 32.2. The fourth-order valence-electron chi connectivity index (χ4n) is 4.00. The van der Waals surface area contributed by atoms with Crippen LogP contribution >= 0.6 is 11.8 Å². The molecule has 0 aliphatic carbocycles. The van der Waals surface area contributed by atoms with Gasteiger partial charge in [0, 0.05) is 22.4 Å². The number of hydrogen-bond donors (Lipinski definition) is 0. The third-order valence-electron chi connectivity index (χ3n) is 5.67. The lowest BCUT2D eigenvalue weighted by atomic mass is 10.0. The molecule has 0 N–H and O–H groups in total. The molecule has 4 heteroatoms. The number of hydrogen-bond acceptors (Lipinski definition) is 3. The molecule has 1 atom stereocenters. The number of nitrogens with zero attached hydrogens (tertiary/aromatic N) is 2. The summed E-state index contributed by atoms with van der Waals surface area (Å²) in [5.74, 6) is 0.0933. The third-order valence-corrected chi connectivity index (χ3v) is 6.72. The second-order valence-corrected chi connectivity index (χ2v) is 9.29. The first-order valence-corrected chi connectivity index (χ1v) is 12.2. The van der Waals surface area contributed by atoms with Crippen LogP contribution in [-0.2, 0) is 0 Å². The summed E-state index contributed by atoms with van der Waals surface area (Å²) in [6.45, 7) is 1.95. The SMILES string of the molecule is CC(Sc1nc(-c2ccccc2)c(-c2ccccc2)n1-c1ccccc1)C(=O)c1ccccc1. The van der Waals surface area contributed by atoms with E-state index in [1.54, 1.807) is 0 Å². The second-order valence-electron chi connectivity index (χ2n) is 7.98. The third kappa shape index (κ3) is 4.45. The molecule has 4 aromatic carbocycles. The van der Waals surface area contributed by atoms with E-state index in [4.69, 9.17) is 4.98 Å². The molecule has 34 heavy (non-hydrogen) atoms. The first-order chi connectivity index (χ1) is 16.7. The average Bonchev–Trinajstić information content (AvgIpc) is 3.29. The second kappa shape index (κ2) is 9.94. The summed E-state index contributed by atoms with van der Waals surface area (Å²) in [5.41, 5.74) is 5.76. The molecule has 3 nitrogen and oxygen atoms in total. The fraction of sp³-hybridized carbons (Fsp3) is 0.0667. The number of Topliss-reactive ketones (excluding diaryl/α,β-unsaturated/α-hetero) is 1. The Bertz CT molecular complexity index is 1380. The van der Waals surface area contributed by atoms with Gasteiger partial charge >= 0.3 is 0 Å². The number of imidazole rings is 1. The number of aromatic nitrogens is 2. The molecule has 0 bridgehead atoms. The zero-order chi connectivity index (χ0) is 23.3. The normalized spacial score (nSPS) is 11.8. The van der Waals surface area contributed by atoms with Crippen molar-refractivity contribution in [3.63, 3.8) is 0 Å². The number of para-hydroxylation sites is 1. The topological polar surface area (TPSA) is 34.9 Å². The van der Waals surface area contributed by atoms with Crippen molar-refractivity contribution < 1.29 is 4.79 Å². The molecule has 5 aromatic rings. The van der Waals surface area contributed by atoms with Gasteiger partial charge in [-0.3, -0.25) is 9.36 Å². The molecule has 0 radical (unpaired) electrons. The van der Waals surface area contributed by atoms with Crippen LogP contribution in [0.4, 0.5) is 0 Å². The van der Waals surface area contributed by atoms with Gasteiger partial charge in [-0.1, -0.05) is 121 Å². The minimum absolute atomic E-state index is 0.0933. The first kappa shape index (κ1) is 21.9. The van der Waals surface area contributed by atoms with E-state index in [-0.39, 0.29) is 11.0 Å². The quantitative estimate of drug-likeness (QED) is 0.186. The Morgan fingerprint density at radius 1 is 0.706 bits per heavy atom. The molecule has 0 saturated carbocycles. The van der Waals surface area contributed by atoms with Crippen LogP contribution < -0.4 is 0 Å². The molecule has 1 unspecified atom stereocenters. The van der Waals surface area contributed by atoms with E-state index >= 15 is 0 Å². The zero-order valence-electron chi connectivity index (χ0n) is 18.8. The Labute approximate surface area is 204 Å². The van der Waals surface area contributed by atoms with Crippen molar-refractivity contribution in [1.29, 1.82) is 0 Å². The Hall–Kier alpha value is -3.89. The number of carbonyl (C=O) groups is 1. The average molecular weight is 461 g/mol. The molecule has 1 heterocycles. The number of rotatable bonds is 7. The molecule has 0 spiro atoms. The molecule has 166 valence electrons. The Morgan fingerprint density at radius 3 is 1.79 bits per heavy atom. The van der Waals surface area contributed by atoms with Crippen LogP contribution in [-0.4, -0.2) is 20.6 Å². The largest absolute Gasteiger partial charge is 0.293 e. The summed E-state index contributed by atoms with van der Waals surface area (Å²) in [7, 11) is 0. The molecular weight excluding hydrogens is 436 g/mol. The van der Waals surface area contributed by atoms with Crippen molar-refractivity contribution in [1.82, 2.24) is 9.55 Å². The summed E-state index contributed by atoms with van der Waals surface area (Å²) in [5, 5.41) is 0.500. The van der Waals surface area contributed by atoms with E-state index in [1.807, 2.05) is 91.9 Å². The van der Waals surface area contributed by atoms with Gasteiger partial charge < -0.3 is 0 Å². The molecule has 0 aliphatic rings. The Balaban J connectivity index is 1.68. The van der Waals surface area contributed by atoms with Crippen LogP contribution in [0.5, 0.6) is 0 Å². The number of carbonyl (C=O) groups excluding carboxylic acids is 1. The van der Waals surface area contributed by atoms with Crippen LogP contribution in [0.2, 0.25) is 0 Å². The Kier molecular flexibility index (Phi) is 6.41. The van der Waals surface area contributed by atoms with Crippen LogP contribution in [0.3, 0.4) is 0 Å². The van der Waals surface area contributed by atoms with E-state index in [9.17, 15) is 4.79 Å². The lowest BCUT2D eigenvalue weighted by Gasteiger charge is -2.15. The van der Waals surface area contributed by atoms with Crippen LogP contribution in [0.25, 0.3) is 28.2 Å². The predicted octanol–water partition coefficient (Wildman–Crippen LogP) is 7.57. The Morgan fingerprint density at radius 2 is 1.21 bits per heavy atom. The van der Waals surface area contributed by atoms with Gasteiger partial charge in [-0.2, -0.15) is 0 Å². The number of thioether (sulfide) groups is 1. The monoisotopic (exact) mass is 460 g/mol. The summed E-state index contributed by atoms with van der Waals surface area (Å²) >= 11 is 1.49. The molecule has 0 amide bonds. The molecule has 0 saturated heterocycles. The van der Waals surface area contributed by atoms with Crippen LogP contribution in [0.1, 0.15) is 17.3 Å². The molecule has 0 aliphatic heterocycles. The maximum Gasteiger partial charge on any atom is 0.175 e. The lowest BCUT2D eigenvalue weighted by Crippen LogP contribution is -2.14. The van der Waals surface area contributed by atoms with E-state index in [1.165, 1.54) is 11.8 Å². The minimum Gasteiger partial charge on any atom is -0.293 e. The van der Waals surface area contributed by atoms with Gasteiger partial charge in [-0.25, -0.2) is 4.98 Å². The maximum absolute atomic E-state index is 13.2. The van der Waals surface area contributed by atoms with Gasteiger partial charge in [-0.05, 0) is 19.1 Å². The number of ketones is 1. The van der Waals surface area contributed by atoms with Crippen LogP contribution in [0, 0.1) is 0 Å². The van der Waals surface area contributed by atoms with Gasteiger partial charge in [0.15, 0.2) is 10.9 Å². The summed E-state index contributed by atoms with van der Waals surface area (Å²) < 4.78 is 2.18. The summed E-state index contributed by atoms with van der Waals surface area (Å²) in [6, 6.07) is 40.2. The molecular formula is C30H24N2OS. The van der Waals surface area contributed by atoms with E-state index in [2.05, 4.69) is 41.0 Å². The van der Waals surface area contributed by atoms with Gasteiger partial charge in [0.2, 0.25) is 0 Å². The summed E-state index contributed by atoms with van der Waals surface area (Å²) in [6.07, 6.45) is 0.